The maximum absolute atomic E-state index is 6.42. The van der Waals surface area contributed by atoms with Gasteiger partial charge in [0.1, 0.15) is 0 Å². The Balaban J connectivity index is 2.04. The SMILES string of the molecule is CC1CC(OC(CI)c2ccc(Cl)cc2)CC(C)(C)C1. The molecule has 0 aromatic heterocycles. The first-order chi connectivity index (χ1) is 9.39. The third-order valence-electron chi connectivity index (χ3n) is 4.09. The summed E-state index contributed by atoms with van der Waals surface area (Å²) < 4.78 is 7.40. The van der Waals surface area contributed by atoms with E-state index in [4.69, 9.17) is 16.3 Å². The van der Waals surface area contributed by atoms with Crippen molar-refractivity contribution in [2.75, 3.05) is 4.43 Å². The summed E-state index contributed by atoms with van der Waals surface area (Å²) in [7, 11) is 0. The molecule has 1 aromatic carbocycles. The van der Waals surface area contributed by atoms with Crippen molar-refractivity contribution in [1.29, 1.82) is 0 Å². The number of hydrogen-bond acceptors (Lipinski definition) is 1. The van der Waals surface area contributed by atoms with Gasteiger partial charge in [-0.1, -0.05) is 67.1 Å². The zero-order valence-corrected chi connectivity index (χ0v) is 15.4. The quantitative estimate of drug-likeness (QED) is 0.437. The first-order valence-electron chi connectivity index (χ1n) is 7.36. The highest BCUT2D eigenvalue weighted by Crippen LogP contribution is 2.41. The Morgan fingerprint density at radius 3 is 2.50 bits per heavy atom. The Morgan fingerprint density at radius 2 is 1.95 bits per heavy atom. The highest BCUT2D eigenvalue weighted by Gasteiger charge is 2.33. The average Bonchev–Trinajstić information content (AvgIpc) is 2.34. The van der Waals surface area contributed by atoms with E-state index in [1.54, 1.807) is 0 Å². The minimum atomic E-state index is 0.180. The molecule has 112 valence electrons. The molecule has 0 aliphatic heterocycles. The molecule has 1 saturated carbocycles. The van der Waals surface area contributed by atoms with Crippen LogP contribution in [0.15, 0.2) is 24.3 Å². The fourth-order valence-corrected chi connectivity index (χ4v) is 4.32. The van der Waals surface area contributed by atoms with Crippen LogP contribution in [0.3, 0.4) is 0 Å². The van der Waals surface area contributed by atoms with Crippen LogP contribution in [0.25, 0.3) is 0 Å². The molecule has 1 aliphatic rings. The molecule has 0 saturated heterocycles. The lowest BCUT2D eigenvalue weighted by molar-refractivity contribution is -0.0573. The summed E-state index contributed by atoms with van der Waals surface area (Å²) in [6, 6.07) is 8.08. The van der Waals surface area contributed by atoms with Crippen LogP contribution in [0.5, 0.6) is 0 Å². The van der Waals surface area contributed by atoms with E-state index in [1.165, 1.54) is 18.4 Å². The zero-order valence-electron chi connectivity index (χ0n) is 12.5. The fourth-order valence-electron chi connectivity index (χ4n) is 3.48. The van der Waals surface area contributed by atoms with Crippen LogP contribution >= 0.6 is 34.2 Å². The standard InChI is InChI=1S/C17H24ClIO/c1-12-8-15(10-17(2,3)9-12)20-16(11-19)13-4-6-14(18)7-5-13/h4-7,12,15-16H,8-11H2,1-3H3. The van der Waals surface area contributed by atoms with E-state index in [0.717, 1.165) is 21.8 Å². The highest BCUT2D eigenvalue weighted by atomic mass is 127. The van der Waals surface area contributed by atoms with Crippen LogP contribution in [0.2, 0.25) is 5.02 Å². The number of rotatable bonds is 4. The molecular weight excluding hydrogens is 383 g/mol. The smallest absolute Gasteiger partial charge is 0.0918 e. The zero-order chi connectivity index (χ0) is 14.8. The van der Waals surface area contributed by atoms with Crippen molar-refractivity contribution >= 4 is 34.2 Å². The summed E-state index contributed by atoms with van der Waals surface area (Å²) in [6.07, 6.45) is 4.22. The maximum Gasteiger partial charge on any atom is 0.0918 e. The monoisotopic (exact) mass is 406 g/mol. The van der Waals surface area contributed by atoms with E-state index >= 15 is 0 Å². The minimum Gasteiger partial charge on any atom is -0.369 e. The molecule has 1 aromatic rings. The lowest BCUT2D eigenvalue weighted by atomic mass is 9.71. The van der Waals surface area contributed by atoms with Gasteiger partial charge in [0.15, 0.2) is 0 Å². The van der Waals surface area contributed by atoms with Gasteiger partial charge in [0.05, 0.1) is 12.2 Å². The van der Waals surface area contributed by atoms with Gasteiger partial charge in [-0.05, 0) is 48.3 Å². The second-order valence-electron chi connectivity index (χ2n) is 6.87. The molecule has 0 N–H and O–H groups in total. The number of ether oxygens (including phenoxy) is 1. The molecule has 1 aliphatic carbocycles. The number of hydrogen-bond donors (Lipinski definition) is 0. The van der Waals surface area contributed by atoms with Gasteiger partial charge >= 0.3 is 0 Å². The van der Waals surface area contributed by atoms with Gasteiger partial charge < -0.3 is 4.74 Å². The molecule has 2 rings (SSSR count). The van der Waals surface area contributed by atoms with Gasteiger partial charge in [-0.25, -0.2) is 0 Å². The Labute approximate surface area is 141 Å². The molecule has 0 amide bonds. The molecule has 20 heavy (non-hydrogen) atoms. The molecule has 3 heteroatoms. The Morgan fingerprint density at radius 1 is 1.30 bits per heavy atom. The predicted molar refractivity (Wildman–Crippen MR) is 94.7 cm³/mol. The average molecular weight is 407 g/mol. The Kier molecular flexibility index (Phi) is 5.78. The van der Waals surface area contributed by atoms with Gasteiger partial charge in [-0.15, -0.1) is 0 Å². The fraction of sp³-hybridized carbons (Fsp3) is 0.647. The second kappa shape index (κ2) is 6.97. The van der Waals surface area contributed by atoms with Crippen molar-refractivity contribution in [1.82, 2.24) is 0 Å². The highest BCUT2D eigenvalue weighted by molar-refractivity contribution is 14.1. The number of halogens is 2. The molecular formula is C17H24ClIO. The second-order valence-corrected chi connectivity index (χ2v) is 8.18. The first kappa shape index (κ1) is 16.6. The van der Waals surface area contributed by atoms with E-state index < -0.39 is 0 Å². The molecule has 3 unspecified atom stereocenters. The van der Waals surface area contributed by atoms with Crippen LogP contribution < -0.4 is 0 Å². The van der Waals surface area contributed by atoms with E-state index in [0.29, 0.717) is 11.5 Å². The van der Waals surface area contributed by atoms with Crippen molar-refractivity contribution in [3.63, 3.8) is 0 Å². The van der Waals surface area contributed by atoms with Crippen molar-refractivity contribution in [2.24, 2.45) is 11.3 Å². The first-order valence-corrected chi connectivity index (χ1v) is 9.27. The topological polar surface area (TPSA) is 9.23 Å². The van der Waals surface area contributed by atoms with E-state index in [9.17, 15) is 0 Å². The third-order valence-corrected chi connectivity index (χ3v) is 5.14. The summed E-state index contributed by atoms with van der Waals surface area (Å²) >= 11 is 8.38. The number of alkyl halides is 1. The predicted octanol–water partition coefficient (Wildman–Crippen LogP) is 6.05. The van der Waals surface area contributed by atoms with E-state index in [1.807, 2.05) is 12.1 Å². The van der Waals surface area contributed by atoms with Crippen LogP contribution in [0, 0.1) is 11.3 Å². The van der Waals surface area contributed by atoms with Crippen LogP contribution in [0.1, 0.15) is 51.7 Å². The largest absolute Gasteiger partial charge is 0.369 e. The molecule has 0 bridgehead atoms. The summed E-state index contributed by atoms with van der Waals surface area (Å²) in [4.78, 5) is 0. The van der Waals surface area contributed by atoms with Gasteiger partial charge in [-0.3, -0.25) is 0 Å². The molecule has 0 spiro atoms. The normalized spacial score (nSPS) is 27.2. The van der Waals surface area contributed by atoms with Crippen LogP contribution in [-0.2, 0) is 4.74 Å². The van der Waals surface area contributed by atoms with Crippen molar-refractivity contribution in [3.8, 4) is 0 Å². The summed E-state index contributed by atoms with van der Waals surface area (Å²) in [5.41, 5.74) is 1.64. The molecule has 0 radical (unpaired) electrons. The summed E-state index contributed by atoms with van der Waals surface area (Å²) in [5.74, 6) is 0.754. The maximum atomic E-state index is 6.42. The van der Waals surface area contributed by atoms with Crippen molar-refractivity contribution in [2.45, 2.75) is 52.2 Å². The summed E-state index contributed by atoms with van der Waals surface area (Å²) in [6.45, 7) is 7.07. The minimum absolute atomic E-state index is 0.180. The lowest BCUT2D eigenvalue weighted by Crippen LogP contribution is -2.33. The van der Waals surface area contributed by atoms with Crippen molar-refractivity contribution in [3.05, 3.63) is 34.9 Å². The van der Waals surface area contributed by atoms with Crippen molar-refractivity contribution < 1.29 is 4.74 Å². The van der Waals surface area contributed by atoms with Gasteiger partial charge in [0.25, 0.3) is 0 Å². The summed E-state index contributed by atoms with van der Waals surface area (Å²) in [5, 5.41) is 0.786. The van der Waals surface area contributed by atoms with E-state index in [2.05, 4.69) is 55.5 Å². The van der Waals surface area contributed by atoms with Crippen LogP contribution in [0.4, 0.5) is 0 Å². The third kappa shape index (κ3) is 4.60. The Hall–Kier alpha value is 0.200. The van der Waals surface area contributed by atoms with Gasteiger partial charge in [0, 0.05) is 9.45 Å². The number of benzene rings is 1. The molecule has 3 atom stereocenters. The molecule has 0 heterocycles. The lowest BCUT2D eigenvalue weighted by Gasteiger charge is -2.40. The molecule has 1 fully saturated rings. The Bertz CT molecular complexity index is 429. The van der Waals surface area contributed by atoms with Crippen LogP contribution in [-0.4, -0.2) is 10.5 Å². The van der Waals surface area contributed by atoms with Gasteiger partial charge in [-0.2, -0.15) is 0 Å². The molecule has 1 nitrogen and oxygen atoms in total. The van der Waals surface area contributed by atoms with E-state index in [-0.39, 0.29) is 6.10 Å². The van der Waals surface area contributed by atoms with Gasteiger partial charge in [0.2, 0.25) is 0 Å².